The van der Waals surface area contributed by atoms with E-state index in [-0.39, 0.29) is 62.1 Å². The molecule has 2 aliphatic heterocycles. The molecule has 5 aromatic rings. The molecule has 2 aliphatic rings. The number of carboxylic acids is 2. The molecule has 0 radical (unpaired) electrons. The van der Waals surface area contributed by atoms with Gasteiger partial charge in [-0.05, 0) is 53.8 Å². The molecule has 3 atom stereocenters. The number of pyridine rings is 2. The molecule has 0 bridgehead atoms. The normalized spacial score (nSPS) is 15.6. The van der Waals surface area contributed by atoms with Crippen molar-refractivity contribution in [3.05, 3.63) is 129 Å². The summed E-state index contributed by atoms with van der Waals surface area (Å²) in [5.74, 6) is -6.14. The highest BCUT2D eigenvalue weighted by molar-refractivity contribution is 5.92. The summed E-state index contributed by atoms with van der Waals surface area (Å²) in [6.45, 7) is 3.26. The lowest BCUT2D eigenvalue weighted by molar-refractivity contribution is -0.189. The molecule has 0 saturated heterocycles. The van der Waals surface area contributed by atoms with E-state index < -0.39 is 77.7 Å². The van der Waals surface area contributed by atoms with Crippen molar-refractivity contribution >= 4 is 52.6 Å². The van der Waals surface area contributed by atoms with Crippen LogP contribution < -0.4 is 20.9 Å². The van der Waals surface area contributed by atoms with Crippen LogP contribution in [0, 0.1) is 0 Å². The van der Waals surface area contributed by atoms with Crippen molar-refractivity contribution in [2.45, 2.75) is 96.1 Å². The Morgan fingerprint density at radius 2 is 1.35 bits per heavy atom. The minimum atomic E-state index is -2.03. The quantitative estimate of drug-likeness (QED) is 0.0695. The first-order valence-electron chi connectivity index (χ1n) is 21.2. The molecule has 0 unspecified atom stereocenters. The molecule has 0 fully saturated rings. The molecule has 0 spiro atoms. The molecular weight excluding hydrogens is 841 g/mol. The van der Waals surface area contributed by atoms with Crippen LogP contribution in [-0.4, -0.2) is 73.5 Å². The minimum absolute atomic E-state index is 0.0248. The number of hydrogen-bond donors (Lipinski definition) is 4. The number of nitrogens with zero attached hydrogens (tertiary/aromatic N) is 2. The van der Waals surface area contributed by atoms with E-state index in [1.165, 1.54) is 10.6 Å². The largest absolute Gasteiger partial charge is 0.480 e. The maximum atomic E-state index is 14.2. The van der Waals surface area contributed by atoms with Gasteiger partial charge in [-0.3, -0.25) is 24.0 Å². The van der Waals surface area contributed by atoms with Crippen LogP contribution in [0.1, 0.15) is 79.3 Å². The van der Waals surface area contributed by atoms with E-state index in [4.69, 9.17) is 19.2 Å². The number of amides is 2. The summed E-state index contributed by atoms with van der Waals surface area (Å²) in [6.07, 6.45) is -1.07. The van der Waals surface area contributed by atoms with Gasteiger partial charge >= 0.3 is 29.8 Å². The number of esters is 3. The zero-order chi connectivity index (χ0) is 46.4. The number of nitrogens with one attached hydrogen (secondary N) is 2. The molecule has 17 heteroatoms. The van der Waals surface area contributed by atoms with Crippen molar-refractivity contribution in [3.63, 3.8) is 0 Å². The number of carboxylic acid groups (broad SMARTS) is 2. The highest BCUT2D eigenvalue weighted by Crippen LogP contribution is 2.42. The highest BCUT2D eigenvalue weighted by Gasteiger charge is 2.50. The molecule has 0 saturated carbocycles. The maximum absolute atomic E-state index is 14.2. The second-order valence-electron chi connectivity index (χ2n) is 15.8. The molecule has 17 nitrogen and oxygen atoms in total. The van der Waals surface area contributed by atoms with Crippen molar-refractivity contribution in [1.29, 1.82) is 0 Å². The van der Waals surface area contributed by atoms with E-state index in [0.717, 1.165) is 11.1 Å². The standard InChI is InChI=1S/C48H46N4O13/c1-3-30-31-23-29(64-41(55)19-17-39(53)49-36(45(58)59)21-27-11-7-5-8-12-27)15-16-35(31)51-43-32(30)25-52-38(43)24-34-33(44(52)57)26-63-47(62)48(34,4-2)65-42(56)20-18-40(54)50-37(46(60)61)22-28-13-9-6-10-14-28/h5-16,23-24,36-37H,3-4,17-22,25-26H2,1-2H3,(H,49,53)(H,50,54)(H,58,59)(H,60,61)/t36-,37-,48-/m0/s1. The lowest BCUT2D eigenvalue weighted by Gasteiger charge is -2.35. The molecule has 4 N–H and O–H groups in total. The van der Waals surface area contributed by atoms with Crippen LogP contribution in [0.4, 0.5) is 0 Å². The van der Waals surface area contributed by atoms with Crippen molar-refractivity contribution in [3.8, 4) is 17.1 Å². The molecule has 4 heterocycles. The number of benzene rings is 3. The third-order valence-corrected chi connectivity index (χ3v) is 11.6. The molecule has 65 heavy (non-hydrogen) atoms. The van der Waals surface area contributed by atoms with E-state index in [9.17, 15) is 48.6 Å². The van der Waals surface area contributed by atoms with Gasteiger partial charge in [0.15, 0.2) is 0 Å². The first-order chi connectivity index (χ1) is 31.2. The topological polar surface area (TPSA) is 247 Å². The molecular formula is C48H46N4O13. The summed E-state index contributed by atoms with van der Waals surface area (Å²) < 4.78 is 18.4. The van der Waals surface area contributed by atoms with E-state index in [2.05, 4.69) is 10.6 Å². The van der Waals surface area contributed by atoms with Crippen molar-refractivity contribution in [1.82, 2.24) is 20.2 Å². The number of aromatic nitrogens is 2. The SMILES string of the molecule is CCc1c2c(nc3ccc(OC(=O)CCC(=O)N[C@@H](Cc4ccccc4)C(=O)O)cc13)-c1cc3c(c(=O)n1C2)COC(=O)[C@@]3(CC)OC(=O)CCC(=O)N[C@@H](Cc1ccccc1)C(=O)O. The predicted octanol–water partition coefficient (Wildman–Crippen LogP) is 4.28. The monoisotopic (exact) mass is 886 g/mol. The zero-order valence-corrected chi connectivity index (χ0v) is 35.6. The molecule has 336 valence electrons. The fourth-order valence-corrected chi connectivity index (χ4v) is 8.26. The van der Waals surface area contributed by atoms with Gasteiger partial charge in [0, 0.05) is 42.2 Å². The van der Waals surface area contributed by atoms with Crippen molar-refractivity contribution in [2.24, 2.45) is 0 Å². The lowest BCUT2D eigenvalue weighted by atomic mass is 9.85. The summed E-state index contributed by atoms with van der Waals surface area (Å²) in [5, 5.41) is 24.9. The number of aryl methyl sites for hydroxylation is 1. The van der Waals surface area contributed by atoms with Gasteiger partial charge in [-0.2, -0.15) is 0 Å². The number of rotatable bonds is 18. The van der Waals surface area contributed by atoms with Crippen LogP contribution in [0.3, 0.4) is 0 Å². The van der Waals surface area contributed by atoms with E-state index >= 15 is 0 Å². The number of aliphatic carboxylic acids is 2. The maximum Gasteiger partial charge on any atom is 0.355 e. The zero-order valence-electron chi connectivity index (χ0n) is 35.6. The second kappa shape index (κ2) is 19.4. The third kappa shape index (κ3) is 9.78. The lowest BCUT2D eigenvalue weighted by Crippen LogP contribution is -2.47. The van der Waals surface area contributed by atoms with Gasteiger partial charge in [0.2, 0.25) is 17.4 Å². The van der Waals surface area contributed by atoms with Crippen LogP contribution in [0.25, 0.3) is 22.3 Å². The Labute approximate surface area is 371 Å². The Balaban J connectivity index is 1.06. The highest BCUT2D eigenvalue weighted by atomic mass is 16.6. The van der Waals surface area contributed by atoms with Crippen LogP contribution >= 0.6 is 0 Å². The van der Waals surface area contributed by atoms with Gasteiger partial charge in [0.05, 0.1) is 41.9 Å². The molecule has 2 amide bonds. The van der Waals surface area contributed by atoms with Gasteiger partial charge in [0.25, 0.3) is 5.56 Å². The van der Waals surface area contributed by atoms with E-state index in [0.29, 0.717) is 39.8 Å². The van der Waals surface area contributed by atoms with Crippen LogP contribution in [0.2, 0.25) is 0 Å². The van der Waals surface area contributed by atoms with Gasteiger partial charge in [-0.25, -0.2) is 19.4 Å². The Bertz CT molecular complexity index is 2770. The number of carbonyl (C=O) groups is 7. The van der Waals surface area contributed by atoms with E-state index in [1.54, 1.807) is 85.8 Å². The van der Waals surface area contributed by atoms with Crippen LogP contribution in [-0.2, 0) is 81.1 Å². The molecule has 3 aromatic carbocycles. The number of hydrogen-bond acceptors (Lipinski definition) is 12. The summed E-state index contributed by atoms with van der Waals surface area (Å²) in [5.41, 5.74) is 2.05. The Hall–Kier alpha value is -7.69. The minimum Gasteiger partial charge on any atom is -0.480 e. The average molecular weight is 887 g/mol. The third-order valence-electron chi connectivity index (χ3n) is 11.6. The first-order valence-corrected chi connectivity index (χ1v) is 21.2. The molecule has 2 aromatic heterocycles. The molecule has 7 rings (SSSR count). The van der Waals surface area contributed by atoms with Gasteiger partial charge < -0.3 is 39.6 Å². The van der Waals surface area contributed by atoms with Crippen molar-refractivity contribution < 1.29 is 58.0 Å². The summed E-state index contributed by atoms with van der Waals surface area (Å²) >= 11 is 0. The predicted molar refractivity (Wildman–Crippen MR) is 231 cm³/mol. The van der Waals surface area contributed by atoms with Crippen LogP contribution in [0.15, 0.2) is 89.7 Å². The van der Waals surface area contributed by atoms with Gasteiger partial charge in [0.1, 0.15) is 24.4 Å². The summed E-state index contributed by atoms with van der Waals surface area (Å²) in [7, 11) is 0. The Kier molecular flexibility index (Phi) is 13.5. The van der Waals surface area contributed by atoms with Gasteiger partial charge in [-0.15, -0.1) is 0 Å². The van der Waals surface area contributed by atoms with Gasteiger partial charge in [-0.1, -0.05) is 74.5 Å². The summed E-state index contributed by atoms with van der Waals surface area (Å²) in [4.78, 5) is 108. The van der Waals surface area contributed by atoms with E-state index in [1.807, 2.05) is 6.92 Å². The number of cyclic esters (lactones) is 1. The van der Waals surface area contributed by atoms with Crippen LogP contribution in [0.5, 0.6) is 5.75 Å². The second-order valence-corrected chi connectivity index (χ2v) is 15.8. The Morgan fingerprint density at radius 1 is 0.769 bits per heavy atom. The summed E-state index contributed by atoms with van der Waals surface area (Å²) in [6, 6.07) is 21.6. The Morgan fingerprint density at radius 3 is 1.91 bits per heavy atom. The van der Waals surface area contributed by atoms with Crippen molar-refractivity contribution in [2.75, 3.05) is 0 Å². The average Bonchev–Trinajstić information content (AvgIpc) is 3.66. The smallest absolute Gasteiger partial charge is 0.355 e. The fourth-order valence-electron chi connectivity index (χ4n) is 8.26. The number of fused-ring (bicyclic) bond motifs is 5. The fraction of sp³-hybridized carbons (Fsp3) is 0.312. The molecule has 0 aliphatic carbocycles. The first kappa shape index (κ1) is 45.3. The number of ether oxygens (including phenoxy) is 3. The number of carbonyl (C=O) groups excluding carboxylic acids is 5.